The fraction of sp³-hybridized carbons (Fsp3) is 0.522. The zero-order chi connectivity index (χ0) is 24.7. The van der Waals surface area contributed by atoms with Crippen molar-refractivity contribution in [2.75, 3.05) is 31.1 Å². The number of rotatable bonds is 6. The van der Waals surface area contributed by atoms with Crippen LogP contribution in [-0.2, 0) is 9.45 Å². The first-order valence-electron chi connectivity index (χ1n) is 12.0. The summed E-state index contributed by atoms with van der Waals surface area (Å²) in [5.74, 6) is -3.00. The largest absolute Gasteiger partial charge is 0.481 e. The minimum absolute atomic E-state index is 0.126. The van der Waals surface area contributed by atoms with Gasteiger partial charge in [0.25, 0.3) is 5.91 Å². The van der Waals surface area contributed by atoms with Crippen LogP contribution >= 0.6 is 0 Å². The molecule has 0 radical (unpaired) electrons. The number of carbonyl (C=O) groups is 2. The number of amides is 1. The number of aromatic nitrogens is 1. The molecule has 186 valence electrons. The summed E-state index contributed by atoms with van der Waals surface area (Å²) >= 11 is 0. The summed E-state index contributed by atoms with van der Waals surface area (Å²) in [4.78, 5) is 39.2. The van der Waals surface area contributed by atoms with E-state index < -0.39 is 42.3 Å². The van der Waals surface area contributed by atoms with Crippen LogP contribution in [0.1, 0.15) is 48.5 Å². The van der Waals surface area contributed by atoms with Crippen LogP contribution in [0.3, 0.4) is 0 Å². The van der Waals surface area contributed by atoms with E-state index in [9.17, 15) is 19.4 Å². The molecule has 5 rings (SSSR count). The Morgan fingerprint density at radius 2 is 1.94 bits per heavy atom. The maximum atomic E-state index is 15.1. The molecule has 12 heteroatoms. The van der Waals surface area contributed by atoms with Gasteiger partial charge in [-0.15, -0.1) is 0 Å². The van der Waals surface area contributed by atoms with Crippen molar-refractivity contribution in [1.29, 1.82) is 0 Å². The minimum atomic E-state index is -1.39. The zero-order valence-corrected chi connectivity index (χ0v) is 19.2. The number of aliphatic carboxylic acids is 1. The van der Waals surface area contributed by atoms with Crippen molar-refractivity contribution in [1.82, 2.24) is 15.2 Å². The topological polar surface area (TPSA) is 133 Å². The Hall–Kier alpha value is -2.96. The number of nitrogens with zero attached hydrogens (tertiary/aromatic N) is 2. The van der Waals surface area contributed by atoms with Gasteiger partial charge in [-0.2, -0.15) is 0 Å². The molecule has 1 amide bonds. The first kappa shape index (κ1) is 23.8. The van der Waals surface area contributed by atoms with Crippen molar-refractivity contribution in [2.45, 2.75) is 50.2 Å². The zero-order valence-electron chi connectivity index (χ0n) is 19.2. The lowest BCUT2D eigenvalue weighted by atomic mass is 9.72. The second kappa shape index (κ2) is 9.59. The number of carboxylic acid groups (broad SMARTS) is 1. The fourth-order valence-electron chi connectivity index (χ4n) is 4.93. The van der Waals surface area contributed by atoms with Gasteiger partial charge in [-0.1, -0.05) is 0 Å². The first-order chi connectivity index (χ1) is 16.8. The highest BCUT2D eigenvalue weighted by Crippen LogP contribution is 2.38. The van der Waals surface area contributed by atoms with Crippen LogP contribution in [0.5, 0.6) is 0 Å². The summed E-state index contributed by atoms with van der Waals surface area (Å²) in [5, 5.41) is 25.2. The molecule has 0 bridgehead atoms. The minimum Gasteiger partial charge on any atom is -0.481 e. The van der Waals surface area contributed by atoms with Crippen molar-refractivity contribution in [3.8, 4) is 0 Å². The summed E-state index contributed by atoms with van der Waals surface area (Å²) < 4.78 is 22.3. The molecular weight excluding hydrogens is 458 g/mol. The number of piperazine rings is 1. The number of benzene rings is 1. The summed E-state index contributed by atoms with van der Waals surface area (Å²) in [6, 6.07) is 3.06. The molecular formula is C23H28BFN4O6. The van der Waals surface area contributed by atoms with Gasteiger partial charge in [0.2, 0.25) is 5.43 Å². The van der Waals surface area contributed by atoms with Gasteiger partial charge in [0.1, 0.15) is 11.4 Å². The average molecular weight is 486 g/mol. The highest BCUT2D eigenvalue weighted by Gasteiger charge is 2.37. The monoisotopic (exact) mass is 486 g/mol. The lowest BCUT2D eigenvalue weighted by Crippen LogP contribution is -2.53. The molecule has 3 aliphatic rings. The molecule has 3 heterocycles. The van der Waals surface area contributed by atoms with E-state index in [1.807, 2.05) is 9.47 Å². The van der Waals surface area contributed by atoms with Crippen LogP contribution in [0.2, 0.25) is 0 Å². The normalized spacial score (nSPS) is 22.9. The Bertz CT molecular complexity index is 1210. The number of hydrogen-bond donors (Lipinski definition) is 4. The van der Waals surface area contributed by atoms with Crippen molar-refractivity contribution >= 4 is 35.6 Å². The van der Waals surface area contributed by atoms with E-state index in [4.69, 9.17) is 9.76 Å². The summed E-state index contributed by atoms with van der Waals surface area (Å²) in [6.07, 6.45) is 3.10. The highest BCUT2D eigenvalue weighted by molar-refractivity contribution is 6.45. The third kappa shape index (κ3) is 4.91. The summed E-state index contributed by atoms with van der Waals surface area (Å²) in [5.41, 5.74) is 0.346. The predicted octanol–water partition coefficient (Wildman–Crippen LogP) is 0.657. The van der Waals surface area contributed by atoms with Gasteiger partial charge in [0.15, 0.2) is 0 Å². The second-order valence-corrected chi connectivity index (χ2v) is 9.47. The van der Waals surface area contributed by atoms with Crippen LogP contribution in [0.15, 0.2) is 23.1 Å². The van der Waals surface area contributed by atoms with Crippen LogP contribution < -0.4 is 21.0 Å². The van der Waals surface area contributed by atoms with Crippen LogP contribution in [-0.4, -0.2) is 71.9 Å². The van der Waals surface area contributed by atoms with Crippen LogP contribution in [0.25, 0.3) is 10.9 Å². The van der Waals surface area contributed by atoms with Crippen LogP contribution in [0, 0.1) is 5.82 Å². The molecule has 2 atom stereocenters. The lowest BCUT2D eigenvalue weighted by Gasteiger charge is -2.31. The summed E-state index contributed by atoms with van der Waals surface area (Å²) in [6.45, 7) is 2.82. The van der Waals surface area contributed by atoms with Crippen molar-refractivity contribution < 1.29 is 28.8 Å². The molecule has 10 nitrogen and oxygen atoms in total. The van der Waals surface area contributed by atoms with E-state index in [0.29, 0.717) is 37.1 Å². The van der Waals surface area contributed by atoms with Gasteiger partial charge in [-0.3, -0.25) is 14.4 Å². The Balaban J connectivity index is 1.44. The molecule has 2 aliphatic heterocycles. The van der Waals surface area contributed by atoms with Gasteiger partial charge in [0.05, 0.1) is 29.7 Å². The highest BCUT2D eigenvalue weighted by atomic mass is 19.1. The summed E-state index contributed by atoms with van der Waals surface area (Å²) in [7, 11) is -1.39. The smallest absolute Gasteiger partial charge is 0.478 e. The lowest BCUT2D eigenvalue weighted by molar-refractivity contribution is -0.139. The van der Waals surface area contributed by atoms with Gasteiger partial charge < -0.3 is 34.9 Å². The van der Waals surface area contributed by atoms with Gasteiger partial charge >= 0.3 is 13.1 Å². The Kier molecular flexibility index (Phi) is 6.52. The molecule has 1 unspecified atom stereocenters. The molecule has 1 aromatic carbocycles. The third-order valence-corrected chi connectivity index (χ3v) is 6.94. The quantitative estimate of drug-likeness (QED) is 0.438. The molecule has 2 saturated heterocycles. The maximum absolute atomic E-state index is 15.1. The van der Waals surface area contributed by atoms with Crippen LogP contribution in [0.4, 0.5) is 10.1 Å². The van der Waals surface area contributed by atoms with Crippen molar-refractivity contribution in [3.05, 3.63) is 39.9 Å². The average Bonchev–Trinajstić information content (AvgIpc) is 3.66. The number of carbonyl (C=O) groups excluding carboxylic acids is 1. The number of pyridine rings is 1. The molecule has 1 aromatic heterocycles. The number of nitrogens with one attached hydrogen (secondary N) is 2. The SMILES string of the molecule is O=C(O)C[C@@H]1CCC(NC(=O)c2cn(C3CC3)c3cc(N4CCNCC4)c(F)cc3c2=O)B(O)O1. The Morgan fingerprint density at radius 3 is 2.60 bits per heavy atom. The predicted molar refractivity (Wildman–Crippen MR) is 127 cm³/mol. The second-order valence-electron chi connectivity index (χ2n) is 9.47. The number of hydrogen-bond acceptors (Lipinski definition) is 7. The standard InChI is InChI=1S/C23H28BFN4O6/c25-17-10-15-18(11-19(17)28-7-5-26-6-8-28)29(13-1-2-13)12-16(22(15)32)23(33)27-20-4-3-14(9-21(30)31)35-24(20)34/h10-14,20,26,34H,1-9H2,(H,27,33)(H,30,31)/t14-,20?/m0/s1. The molecule has 0 spiro atoms. The Labute approximate surface area is 201 Å². The molecule has 2 aromatic rings. The Morgan fingerprint density at radius 1 is 1.20 bits per heavy atom. The van der Waals surface area contributed by atoms with Crippen molar-refractivity contribution in [3.63, 3.8) is 0 Å². The van der Waals surface area contributed by atoms with Gasteiger partial charge in [-0.05, 0) is 37.8 Å². The van der Waals surface area contributed by atoms with E-state index in [1.54, 1.807) is 6.07 Å². The maximum Gasteiger partial charge on any atom is 0.478 e. The molecule has 1 saturated carbocycles. The van der Waals surface area contributed by atoms with E-state index in [1.165, 1.54) is 12.3 Å². The van der Waals surface area contributed by atoms with E-state index in [-0.39, 0.29) is 23.4 Å². The number of fused-ring (bicyclic) bond motifs is 1. The van der Waals surface area contributed by atoms with Gasteiger partial charge in [-0.25, -0.2) is 4.39 Å². The third-order valence-electron chi connectivity index (χ3n) is 6.94. The number of halogens is 1. The van der Waals surface area contributed by atoms with E-state index in [2.05, 4.69) is 10.6 Å². The number of anilines is 1. The van der Waals surface area contributed by atoms with E-state index in [0.717, 1.165) is 25.9 Å². The van der Waals surface area contributed by atoms with E-state index >= 15 is 4.39 Å². The fourth-order valence-corrected chi connectivity index (χ4v) is 4.93. The number of carboxylic acids is 1. The molecule has 4 N–H and O–H groups in total. The molecule has 35 heavy (non-hydrogen) atoms. The molecule has 1 aliphatic carbocycles. The first-order valence-corrected chi connectivity index (χ1v) is 12.0. The van der Waals surface area contributed by atoms with Gasteiger partial charge in [0, 0.05) is 43.8 Å². The molecule has 3 fully saturated rings. The van der Waals surface area contributed by atoms with Crippen molar-refractivity contribution in [2.24, 2.45) is 0 Å².